The maximum absolute atomic E-state index is 12.8. The Morgan fingerprint density at radius 1 is 1.10 bits per heavy atom. The minimum atomic E-state index is 0.138. The van der Waals surface area contributed by atoms with Gasteiger partial charge in [0.1, 0.15) is 0 Å². The van der Waals surface area contributed by atoms with Crippen molar-refractivity contribution in [2.75, 3.05) is 17.2 Å². The van der Waals surface area contributed by atoms with Crippen molar-refractivity contribution in [1.82, 2.24) is 0 Å². The second kappa shape index (κ2) is 4.88. The van der Waals surface area contributed by atoms with Crippen LogP contribution in [0.5, 0.6) is 0 Å². The van der Waals surface area contributed by atoms with Crippen molar-refractivity contribution in [3.63, 3.8) is 0 Å². The average Bonchev–Trinajstić information content (AvgIpc) is 3.09. The molecule has 0 saturated heterocycles. The number of carbonyl (C=O) groups is 1. The summed E-state index contributed by atoms with van der Waals surface area (Å²) in [6.07, 6.45) is 5.69. The predicted octanol–water partition coefficient (Wildman–Crippen LogP) is 3.41. The molecule has 4 heteroatoms. The van der Waals surface area contributed by atoms with E-state index >= 15 is 0 Å². The van der Waals surface area contributed by atoms with Gasteiger partial charge in [0.15, 0.2) is 0 Å². The number of hydrogen-bond acceptors (Lipinski definition) is 3. The van der Waals surface area contributed by atoms with Gasteiger partial charge >= 0.3 is 0 Å². The van der Waals surface area contributed by atoms with Crippen LogP contribution >= 0.6 is 11.3 Å². The number of nitrogens with zero attached hydrogens (tertiary/aromatic N) is 1. The Labute approximate surface area is 128 Å². The molecule has 1 amide bonds. The quantitative estimate of drug-likeness (QED) is 0.820. The summed E-state index contributed by atoms with van der Waals surface area (Å²) in [7, 11) is 0. The highest BCUT2D eigenvalue weighted by Gasteiger charge is 2.27. The SMILES string of the molecule is Nc1ccc2c(c1)N(C(=O)c1cc3c(s1)CCCC3)CC2. The molecule has 1 aromatic carbocycles. The Morgan fingerprint density at radius 3 is 2.81 bits per heavy atom. The smallest absolute Gasteiger partial charge is 0.268 e. The third-order valence-electron chi connectivity index (χ3n) is 4.46. The Bertz CT molecular complexity index is 696. The Hall–Kier alpha value is -1.81. The first-order valence-corrected chi connectivity index (χ1v) is 8.36. The van der Waals surface area contributed by atoms with Crippen molar-refractivity contribution in [3.05, 3.63) is 45.1 Å². The van der Waals surface area contributed by atoms with E-state index in [9.17, 15) is 4.79 Å². The van der Waals surface area contributed by atoms with Crippen LogP contribution in [0.1, 0.15) is 38.5 Å². The van der Waals surface area contributed by atoms with E-state index in [4.69, 9.17) is 5.73 Å². The third-order valence-corrected chi connectivity index (χ3v) is 5.68. The number of carbonyl (C=O) groups excluding carboxylic acids is 1. The summed E-state index contributed by atoms with van der Waals surface area (Å²) >= 11 is 1.69. The lowest BCUT2D eigenvalue weighted by Gasteiger charge is -2.16. The molecule has 0 atom stereocenters. The molecule has 108 valence electrons. The van der Waals surface area contributed by atoms with Gasteiger partial charge in [-0.3, -0.25) is 4.79 Å². The zero-order valence-corrected chi connectivity index (χ0v) is 12.7. The lowest BCUT2D eigenvalue weighted by atomic mass is 9.99. The first kappa shape index (κ1) is 12.9. The highest BCUT2D eigenvalue weighted by Crippen LogP contribution is 2.34. The molecule has 1 aliphatic heterocycles. The van der Waals surface area contributed by atoms with E-state index in [1.807, 2.05) is 23.1 Å². The van der Waals surface area contributed by atoms with Crippen LogP contribution < -0.4 is 10.6 Å². The van der Waals surface area contributed by atoms with Gasteiger partial charge in [-0.2, -0.15) is 0 Å². The topological polar surface area (TPSA) is 46.3 Å². The van der Waals surface area contributed by atoms with Crippen LogP contribution in [-0.4, -0.2) is 12.5 Å². The van der Waals surface area contributed by atoms with Crippen molar-refractivity contribution >= 4 is 28.6 Å². The van der Waals surface area contributed by atoms with Crippen LogP contribution in [0.15, 0.2) is 24.3 Å². The molecule has 0 saturated carbocycles. The van der Waals surface area contributed by atoms with Crippen molar-refractivity contribution in [2.45, 2.75) is 32.1 Å². The monoisotopic (exact) mass is 298 g/mol. The minimum absolute atomic E-state index is 0.138. The largest absolute Gasteiger partial charge is 0.399 e. The Kier molecular flexibility index (Phi) is 3.00. The van der Waals surface area contributed by atoms with Gasteiger partial charge in [-0.25, -0.2) is 0 Å². The van der Waals surface area contributed by atoms with E-state index in [1.54, 1.807) is 11.3 Å². The predicted molar refractivity (Wildman–Crippen MR) is 87.2 cm³/mol. The van der Waals surface area contributed by atoms with E-state index in [-0.39, 0.29) is 5.91 Å². The highest BCUT2D eigenvalue weighted by molar-refractivity contribution is 7.14. The minimum Gasteiger partial charge on any atom is -0.399 e. The van der Waals surface area contributed by atoms with Crippen LogP contribution in [0.3, 0.4) is 0 Å². The fourth-order valence-electron chi connectivity index (χ4n) is 3.34. The van der Waals surface area contributed by atoms with Crippen LogP contribution in [0, 0.1) is 0 Å². The van der Waals surface area contributed by atoms with Gasteiger partial charge in [0.25, 0.3) is 5.91 Å². The van der Waals surface area contributed by atoms with Crippen molar-refractivity contribution in [3.8, 4) is 0 Å². The number of nitrogen functional groups attached to an aromatic ring is 1. The van der Waals surface area contributed by atoms with E-state index in [1.165, 1.54) is 28.8 Å². The summed E-state index contributed by atoms with van der Waals surface area (Å²) in [4.78, 5) is 17.0. The second-order valence-corrected chi connectivity index (χ2v) is 7.00. The van der Waals surface area contributed by atoms with Crippen LogP contribution in [0.2, 0.25) is 0 Å². The van der Waals surface area contributed by atoms with E-state index in [0.29, 0.717) is 0 Å². The molecule has 0 unspecified atom stereocenters. The lowest BCUT2D eigenvalue weighted by Crippen LogP contribution is -2.28. The fourth-order valence-corrected chi connectivity index (χ4v) is 4.54. The molecule has 0 fully saturated rings. The summed E-state index contributed by atoms with van der Waals surface area (Å²) in [5, 5.41) is 0. The van der Waals surface area contributed by atoms with Crippen molar-refractivity contribution in [2.24, 2.45) is 0 Å². The van der Waals surface area contributed by atoms with E-state index in [2.05, 4.69) is 6.07 Å². The number of fused-ring (bicyclic) bond motifs is 2. The van der Waals surface area contributed by atoms with Gasteiger partial charge in [-0.1, -0.05) is 6.07 Å². The summed E-state index contributed by atoms with van der Waals surface area (Å²) in [5.74, 6) is 0.138. The number of thiophene rings is 1. The van der Waals surface area contributed by atoms with Crippen LogP contribution in [-0.2, 0) is 19.3 Å². The highest BCUT2D eigenvalue weighted by atomic mass is 32.1. The molecule has 0 bridgehead atoms. The molecule has 2 N–H and O–H groups in total. The first-order chi connectivity index (χ1) is 10.2. The number of nitrogens with two attached hydrogens (primary N) is 1. The number of rotatable bonds is 1. The lowest BCUT2D eigenvalue weighted by molar-refractivity contribution is 0.0993. The maximum Gasteiger partial charge on any atom is 0.268 e. The van der Waals surface area contributed by atoms with Crippen molar-refractivity contribution < 1.29 is 4.79 Å². The molecule has 0 spiro atoms. The molecule has 2 aliphatic rings. The molecular formula is C17H18N2OS. The summed E-state index contributed by atoms with van der Waals surface area (Å²) in [5.41, 5.74) is 10.2. The summed E-state index contributed by atoms with van der Waals surface area (Å²) in [6.45, 7) is 0.764. The molecule has 1 aromatic heterocycles. The fraction of sp³-hybridized carbons (Fsp3) is 0.353. The summed E-state index contributed by atoms with van der Waals surface area (Å²) in [6, 6.07) is 7.99. The zero-order valence-electron chi connectivity index (χ0n) is 11.9. The first-order valence-electron chi connectivity index (χ1n) is 7.54. The second-order valence-electron chi connectivity index (χ2n) is 5.86. The van der Waals surface area contributed by atoms with E-state index in [0.717, 1.165) is 42.1 Å². The van der Waals surface area contributed by atoms with Gasteiger partial charge in [0, 0.05) is 22.8 Å². The standard InChI is InChI=1S/C17H18N2OS/c18-13-6-5-11-7-8-19(14(11)10-13)17(20)16-9-12-3-1-2-4-15(12)21-16/h5-6,9-10H,1-4,7-8,18H2. The molecule has 2 aromatic rings. The molecular weight excluding hydrogens is 280 g/mol. The van der Waals surface area contributed by atoms with Gasteiger partial charge in [0.2, 0.25) is 0 Å². The van der Waals surface area contributed by atoms with Crippen molar-refractivity contribution in [1.29, 1.82) is 0 Å². The Balaban J connectivity index is 1.67. The number of benzene rings is 1. The molecule has 0 radical (unpaired) electrons. The normalized spacial score (nSPS) is 16.7. The van der Waals surface area contributed by atoms with Gasteiger partial charge in [0.05, 0.1) is 4.88 Å². The Morgan fingerprint density at radius 2 is 1.95 bits per heavy atom. The third kappa shape index (κ3) is 2.14. The maximum atomic E-state index is 12.8. The number of hydrogen-bond donors (Lipinski definition) is 1. The molecule has 2 heterocycles. The molecule has 1 aliphatic carbocycles. The van der Waals surface area contributed by atoms with Crippen LogP contribution in [0.4, 0.5) is 11.4 Å². The van der Waals surface area contributed by atoms with E-state index < -0.39 is 0 Å². The average molecular weight is 298 g/mol. The van der Waals surface area contributed by atoms with Gasteiger partial charge in [-0.05, 0) is 61.4 Å². The molecule has 21 heavy (non-hydrogen) atoms. The van der Waals surface area contributed by atoms with Crippen LogP contribution in [0.25, 0.3) is 0 Å². The molecule has 3 nitrogen and oxygen atoms in total. The van der Waals surface area contributed by atoms with Gasteiger partial charge in [-0.15, -0.1) is 11.3 Å². The van der Waals surface area contributed by atoms with Gasteiger partial charge < -0.3 is 10.6 Å². The summed E-state index contributed by atoms with van der Waals surface area (Å²) < 4.78 is 0. The number of amides is 1. The number of aryl methyl sites for hydroxylation is 2. The number of anilines is 2. The zero-order chi connectivity index (χ0) is 14.4. The molecule has 4 rings (SSSR count).